The number of benzene rings is 1. The van der Waals surface area contributed by atoms with Gasteiger partial charge >= 0.3 is 0 Å². The molecule has 1 aromatic rings. The van der Waals surface area contributed by atoms with Crippen molar-refractivity contribution in [3.8, 4) is 0 Å². The molecular formula is C13H18OSi. The molecule has 0 spiro atoms. The molecule has 0 N–H and O–H groups in total. The Balaban J connectivity index is 1.68. The first-order valence-electron chi connectivity index (χ1n) is 5.72. The van der Waals surface area contributed by atoms with Gasteiger partial charge in [-0.2, -0.15) is 0 Å². The fourth-order valence-electron chi connectivity index (χ4n) is 1.93. The van der Waals surface area contributed by atoms with Crippen LogP contribution in [0.5, 0.6) is 0 Å². The monoisotopic (exact) mass is 218 g/mol. The van der Waals surface area contributed by atoms with Crippen molar-refractivity contribution in [2.75, 3.05) is 6.61 Å². The summed E-state index contributed by atoms with van der Waals surface area (Å²) in [6, 6.07) is 10.6. The molecule has 1 unspecified atom stereocenters. The van der Waals surface area contributed by atoms with Crippen LogP contribution in [0.25, 0.3) is 0 Å². The minimum atomic E-state index is -0.481. The van der Waals surface area contributed by atoms with E-state index in [-0.39, 0.29) is 0 Å². The quantitative estimate of drug-likeness (QED) is 0.553. The highest BCUT2D eigenvalue weighted by Gasteiger charge is 2.09. The average molecular weight is 218 g/mol. The van der Waals surface area contributed by atoms with Gasteiger partial charge in [0.2, 0.25) is 0 Å². The van der Waals surface area contributed by atoms with Crippen LogP contribution < -0.4 is 5.19 Å². The van der Waals surface area contributed by atoms with Gasteiger partial charge in [0.05, 0.1) is 0 Å². The van der Waals surface area contributed by atoms with E-state index in [1.54, 1.807) is 0 Å². The second kappa shape index (κ2) is 5.88. The van der Waals surface area contributed by atoms with Crippen molar-refractivity contribution in [1.82, 2.24) is 0 Å². The third kappa shape index (κ3) is 3.65. The molecule has 80 valence electrons. The lowest BCUT2D eigenvalue weighted by atomic mass is 9.96. The van der Waals surface area contributed by atoms with Crippen molar-refractivity contribution in [3.63, 3.8) is 0 Å². The summed E-state index contributed by atoms with van der Waals surface area (Å²) in [6.45, 7) is 0.964. The zero-order valence-corrected chi connectivity index (χ0v) is 10.5. The van der Waals surface area contributed by atoms with Crippen molar-refractivity contribution < 1.29 is 4.43 Å². The number of hydrogen-bond donors (Lipinski definition) is 0. The second-order valence-corrected chi connectivity index (χ2v) is 5.66. The van der Waals surface area contributed by atoms with Gasteiger partial charge in [0.15, 0.2) is 9.76 Å². The Bertz CT molecular complexity index is 308. The fraction of sp³-hybridized carbons (Fsp3) is 0.385. The first-order valence-corrected chi connectivity index (χ1v) is 7.00. The Morgan fingerprint density at radius 3 is 2.80 bits per heavy atom. The van der Waals surface area contributed by atoms with Crippen LogP contribution in [0.3, 0.4) is 0 Å². The van der Waals surface area contributed by atoms with E-state index in [0.717, 1.165) is 12.5 Å². The Hall–Kier alpha value is -0.863. The third-order valence-corrected chi connectivity index (χ3v) is 4.09. The topological polar surface area (TPSA) is 9.23 Å². The van der Waals surface area contributed by atoms with Crippen LogP contribution in [-0.4, -0.2) is 16.4 Å². The summed E-state index contributed by atoms with van der Waals surface area (Å²) < 4.78 is 5.86. The van der Waals surface area contributed by atoms with E-state index in [9.17, 15) is 0 Å². The van der Waals surface area contributed by atoms with E-state index in [4.69, 9.17) is 4.43 Å². The summed E-state index contributed by atoms with van der Waals surface area (Å²) in [4.78, 5) is 0. The molecule has 2 heteroatoms. The van der Waals surface area contributed by atoms with Gasteiger partial charge in [-0.25, -0.2) is 0 Å². The highest BCUT2D eigenvalue weighted by Crippen LogP contribution is 2.17. The molecule has 1 aromatic carbocycles. The molecule has 0 aliphatic heterocycles. The molecule has 15 heavy (non-hydrogen) atoms. The molecule has 0 aromatic heterocycles. The zero-order chi connectivity index (χ0) is 10.3. The van der Waals surface area contributed by atoms with Gasteiger partial charge in [-0.3, -0.25) is 0 Å². The number of hydrogen-bond acceptors (Lipinski definition) is 1. The minimum Gasteiger partial charge on any atom is -0.418 e. The van der Waals surface area contributed by atoms with Gasteiger partial charge in [-0.05, 0) is 30.4 Å². The van der Waals surface area contributed by atoms with Crippen LogP contribution in [0.2, 0.25) is 0 Å². The summed E-state index contributed by atoms with van der Waals surface area (Å²) in [5, 5.41) is 1.41. The molecule has 0 radical (unpaired) electrons. The lowest BCUT2D eigenvalue weighted by molar-refractivity contribution is 0.253. The van der Waals surface area contributed by atoms with Crippen molar-refractivity contribution in [2.45, 2.75) is 19.3 Å². The molecule has 1 nitrogen and oxygen atoms in total. The standard InChI is InChI=1S/C13H18OSi/c1-3-7-12(8-4-1)11-14-15-13-9-5-2-6-10-13/h1-3,5-6,9-10,12H,4,7-8,11,15H2. The molecule has 0 amide bonds. The predicted octanol–water partition coefficient (Wildman–Crippen LogP) is 1.77. The summed E-state index contributed by atoms with van der Waals surface area (Å²) in [5.41, 5.74) is 0. The van der Waals surface area contributed by atoms with E-state index < -0.39 is 9.76 Å². The van der Waals surface area contributed by atoms with Crippen LogP contribution in [0.4, 0.5) is 0 Å². The lowest BCUT2D eigenvalue weighted by Crippen LogP contribution is -2.21. The van der Waals surface area contributed by atoms with Crippen LogP contribution in [0.1, 0.15) is 19.3 Å². The summed E-state index contributed by atoms with van der Waals surface area (Å²) in [6.07, 6.45) is 8.33. The Kier molecular flexibility index (Phi) is 4.18. The van der Waals surface area contributed by atoms with Gasteiger partial charge in [-0.15, -0.1) is 0 Å². The summed E-state index contributed by atoms with van der Waals surface area (Å²) >= 11 is 0. The zero-order valence-electron chi connectivity index (χ0n) is 9.06. The van der Waals surface area contributed by atoms with Crippen LogP contribution in [0.15, 0.2) is 42.5 Å². The Labute approximate surface area is 94.1 Å². The molecule has 1 aliphatic rings. The Morgan fingerprint density at radius 1 is 1.20 bits per heavy atom. The first kappa shape index (κ1) is 10.6. The van der Waals surface area contributed by atoms with Gasteiger partial charge in [0.25, 0.3) is 0 Å². The molecule has 1 aliphatic carbocycles. The predicted molar refractivity (Wildman–Crippen MR) is 67.1 cm³/mol. The Morgan fingerprint density at radius 2 is 2.07 bits per heavy atom. The van der Waals surface area contributed by atoms with Gasteiger partial charge in [-0.1, -0.05) is 42.5 Å². The van der Waals surface area contributed by atoms with Gasteiger partial charge in [0, 0.05) is 6.61 Å². The van der Waals surface area contributed by atoms with E-state index in [0.29, 0.717) is 0 Å². The van der Waals surface area contributed by atoms with Crippen molar-refractivity contribution in [1.29, 1.82) is 0 Å². The average Bonchev–Trinajstić information content (AvgIpc) is 2.32. The molecule has 0 fully saturated rings. The van der Waals surface area contributed by atoms with Gasteiger partial charge < -0.3 is 4.43 Å². The summed E-state index contributed by atoms with van der Waals surface area (Å²) in [7, 11) is -0.481. The van der Waals surface area contributed by atoms with Crippen molar-refractivity contribution >= 4 is 14.9 Å². The molecular weight excluding hydrogens is 200 g/mol. The lowest BCUT2D eigenvalue weighted by Gasteiger charge is -2.17. The highest BCUT2D eigenvalue weighted by atomic mass is 28.2. The molecule has 0 heterocycles. The number of rotatable bonds is 4. The minimum absolute atomic E-state index is 0.481. The van der Waals surface area contributed by atoms with Crippen LogP contribution in [-0.2, 0) is 4.43 Å². The largest absolute Gasteiger partial charge is 0.418 e. The number of allylic oxidation sites excluding steroid dienone is 2. The van der Waals surface area contributed by atoms with Gasteiger partial charge in [0.1, 0.15) is 0 Å². The smallest absolute Gasteiger partial charge is 0.192 e. The van der Waals surface area contributed by atoms with Crippen LogP contribution in [0, 0.1) is 5.92 Å². The molecule has 2 rings (SSSR count). The summed E-state index contributed by atoms with van der Waals surface area (Å²) in [5.74, 6) is 0.770. The second-order valence-electron chi connectivity index (χ2n) is 4.15. The van der Waals surface area contributed by atoms with Crippen LogP contribution >= 0.6 is 0 Å². The molecule has 0 bridgehead atoms. The van der Waals surface area contributed by atoms with E-state index in [2.05, 4.69) is 42.5 Å². The first-order chi connectivity index (χ1) is 7.45. The van der Waals surface area contributed by atoms with Crippen molar-refractivity contribution in [3.05, 3.63) is 42.5 Å². The maximum atomic E-state index is 5.86. The van der Waals surface area contributed by atoms with E-state index in [1.807, 2.05) is 0 Å². The normalized spacial score (nSPS) is 21.2. The maximum Gasteiger partial charge on any atom is 0.192 e. The highest BCUT2D eigenvalue weighted by molar-refractivity contribution is 6.46. The third-order valence-electron chi connectivity index (χ3n) is 2.84. The SMILES string of the molecule is C1=CCC(CO[SiH2]c2ccccc2)CC1. The molecule has 0 saturated carbocycles. The van der Waals surface area contributed by atoms with E-state index >= 15 is 0 Å². The maximum absolute atomic E-state index is 5.86. The van der Waals surface area contributed by atoms with E-state index in [1.165, 1.54) is 24.4 Å². The molecule has 1 atom stereocenters. The molecule has 0 saturated heterocycles. The van der Waals surface area contributed by atoms with Crippen molar-refractivity contribution in [2.24, 2.45) is 5.92 Å². The fourth-order valence-corrected chi connectivity index (χ4v) is 3.08.